The van der Waals surface area contributed by atoms with Crippen LogP contribution in [0.3, 0.4) is 0 Å². The lowest BCUT2D eigenvalue weighted by atomic mass is 9.92. The molecule has 0 spiro atoms. The van der Waals surface area contributed by atoms with Crippen LogP contribution in [0.4, 0.5) is 0 Å². The second-order valence-corrected chi connectivity index (χ2v) is 6.90. The van der Waals surface area contributed by atoms with Crippen molar-refractivity contribution in [2.24, 2.45) is 11.7 Å². The van der Waals surface area contributed by atoms with Gasteiger partial charge < -0.3 is 26.0 Å². The molecule has 1 amide bonds. The molecular weight excluding hydrogens is 372 g/mol. The number of rotatable bonds is 10. The van der Waals surface area contributed by atoms with E-state index in [1.54, 1.807) is 6.92 Å². The predicted octanol–water partition coefficient (Wildman–Crippen LogP) is 1.92. The summed E-state index contributed by atoms with van der Waals surface area (Å²) in [6.07, 6.45) is -0.440. The van der Waals surface area contributed by atoms with Crippen molar-refractivity contribution in [3.63, 3.8) is 0 Å². The third-order valence-electron chi connectivity index (χ3n) is 4.80. The van der Waals surface area contributed by atoms with Crippen molar-refractivity contribution in [3.05, 3.63) is 65.2 Å². The molecule has 0 saturated heterocycles. The van der Waals surface area contributed by atoms with Gasteiger partial charge in [-0.3, -0.25) is 9.59 Å². The van der Waals surface area contributed by atoms with Gasteiger partial charge in [0.25, 0.3) is 5.91 Å². The highest BCUT2D eigenvalue weighted by Crippen LogP contribution is 2.22. The van der Waals surface area contributed by atoms with Crippen molar-refractivity contribution in [2.75, 3.05) is 13.2 Å². The molecule has 29 heavy (non-hydrogen) atoms. The minimum Gasteiger partial charge on any atom is -0.507 e. The maximum absolute atomic E-state index is 12.5. The van der Waals surface area contributed by atoms with Crippen LogP contribution in [0.1, 0.15) is 41.4 Å². The highest BCUT2D eigenvalue weighted by atomic mass is 16.5. The number of amides is 1. The molecular formula is C22H28N2O5. The first-order valence-corrected chi connectivity index (χ1v) is 9.58. The topological polar surface area (TPSA) is 122 Å². The highest BCUT2D eigenvalue weighted by molar-refractivity contribution is 5.95. The van der Waals surface area contributed by atoms with Gasteiger partial charge in [-0.05, 0) is 43.5 Å². The Morgan fingerprint density at radius 2 is 1.86 bits per heavy atom. The molecule has 0 aromatic heterocycles. The molecule has 156 valence electrons. The minimum absolute atomic E-state index is 0.0527. The monoisotopic (exact) mass is 400 g/mol. The molecule has 0 aliphatic rings. The van der Waals surface area contributed by atoms with Crippen LogP contribution in [-0.2, 0) is 16.0 Å². The summed E-state index contributed by atoms with van der Waals surface area (Å²) in [5.74, 6) is -1.74. The van der Waals surface area contributed by atoms with Gasteiger partial charge in [-0.15, -0.1) is 0 Å². The Bertz CT molecular complexity index is 825. The Kier molecular flexibility index (Phi) is 8.18. The van der Waals surface area contributed by atoms with Crippen LogP contribution in [0.25, 0.3) is 0 Å². The normalized spacial score (nSPS) is 14.0. The molecule has 0 saturated carbocycles. The number of nitrogens with two attached hydrogens (primary N) is 1. The van der Waals surface area contributed by atoms with E-state index >= 15 is 0 Å². The molecule has 0 aliphatic carbocycles. The summed E-state index contributed by atoms with van der Waals surface area (Å²) >= 11 is 0. The van der Waals surface area contributed by atoms with E-state index in [1.165, 1.54) is 18.2 Å². The number of primary amides is 1. The number of hydrogen-bond acceptors (Lipinski definition) is 6. The largest absolute Gasteiger partial charge is 0.507 e. The molecule has 0 heterocycles. The Hall–Kier alpha value is -2.90. The summed E-state index contributed by atoms with van der Waals surface area (Å²) in [6.45, 7) is 4.07. The van der Waals surface area contributed by atoms with Gasteiger partial charge in [-0.1, -0.05) is 36.4 Å². The maximum Gasteiger partial charge on any atom is 0.310 e. The zero-order valence-electron chi connectivity index (χ0n) is 16.7. The average molecular weight is 400 g/mol. The number of aromatic hydroxyl groups is 1. The number of aliphatic hydroxyl groups excluding tert-OH is 1. The second kappa shape index (κ2) is 10.6. The molecule has 2 aromatic carbocycles. The molecule has 5 N–H and O–H groups in total. The van der Waals surface area contributed by atoms with Crippen molar-refractivity contribution >= 4 is 11.9 Å². The molecule has 0 radical (unpaired) electrons. The van der Waals surface area contributed by atoms with Crippen LogP contribution in [0, 0.1) is 5.92 Å². The van der Waals surface area contributed by atoms with E-state index in [0.29, 0.717) is 18.6 Å². The number of phenols is 1. The molecule has 0 bridgehead atoms. The Morgan fingerprint density at radius 1 is 1.17 bits per heavy atom. The van der Waals surface area contributed by atoms with Gasteiger partial charge in [0.1, 0.15) is 5.75 Å². The fourth-order valence-corrected chi connectivity index (χ4v) is 3.10. The Morgan fingerprint density at radius 3 is 2.48 bits per heavy atom. The van der Waals surface area contributed by atoms with Gasteiger partial charge in [-0.25, -0.2) is 0 Å². The Labute approximate surface area is 170 Å². The molecule has 2 aromatic rings. The molecule has 3 unspecified atom stereocenters. The zero-order valence-corrected chi connectivity index (χ0v) is 16.7. The van der Waals surface area contributed by atoms with Crippen LogP contribution in [-0.4, -0.2) is 41.3 Å². The maximum atomic E-state index is 12.5. The van der Waals surface area contributed by atoms with Gasteiger partial charge in [0.2, 0.25) is 0 Å². The molecule has 3 atom stereocenters. The van der Waals surface area contributed by atoms with E-state index < -0.39 is 17.9 Å². The predicted molar refractivity (Wildman–Crippen MR) is 109 cm³/mol. The van der Waals surface area contributed by atoms with Crippen LogP contribution in [0.5, 0.6) is 5.75 Å². The number of aliphatic hydroxyl groups is 1. The lowest BCUT2D eigenvalue weighted by molar-refractivity contribution is -0.149. The van der Waals surface area contributed by atoms with Gasteiger partial charge in [0.15, 0.2) is 0 Å². The molecule has 7 heteroatoms. The number of ether oxygens (including phenoxy) is 1. The van der Waals surface area contributed by atoms with E-state index in [2.05, 4.69) is 5.32 Å². The molecule has 7 nitrogen and oxygen atoms in total. The molecule has 0 aliphatic heterocycles. The second-order valence-electron chi connectivity index (χ2n) is 6.90. The number of carbonyl (C=O) groups excluding carboxylic acids is 2. The quantitative estimate of drug-likeness (QED) is 0.452. The SMILES string of the molecule is CCOC(=O)C(Cc1ccccc1)C(C)NCC(O)c1ccc(O)c(C(N)=O)c1. The van der Waals surface area contributed by atoms with Crippen LogP contribution < -0.4 is 11.1 Å². The highest BCUT2D eigenvalue weighted by Gasteiger charge is 2.27. The lowest BCUT2D eigenvalue weighted by Gasteiger charge is -2.25. The summed E-state index contributed by atoms with van der Waals surface area (Å²) in [4.78, 5) is 23.8. The fraction of sp³-hybridized carbons (Fsp3) is 0.364. The van der Waals surface area contributed by atoms with Crippen molar-refractivity contribution in [1.29, 1.82) is 0 Å². The fourth-order valence-electron chi connectivity index (χ4n) is 3.10. The van der Waals surface area contributed by atoms with Gasteiger partial charge >= 0.3 is 5.97 Å². The third-order valence-corrected chi connectivity index (χ3v) is 4.80. The third kappa shape index (κ3) is 6.30. The summed E-state index contributed by atoms with van der Waals surface area (Å²) in [6, 6.07) is 13.6. The number of hydrogen-bond donors (Lipinski definition) is 4. The molecule has 2 rings (SSSR count). The van der Waals surface area contributed by atoms with Gasteiger partial charge in [-0.2, -0.15) is 0 Å². The van der Waals surface area contributed by atoms with Crippen molar-refractivity contribution < 1.29 is 24.5 Å². The summed E-state index contributed by atoms with van der Waals surface area (Å²) in [5.41, 5.74) is 6.64. The van der Waals surface area contributed by atoms with Crippen LogP contribution in [0.15, 0.2) is 48.5 Å². The van der Waals surface area contributed by atoms with E-state index in [9.17, 15) is 19.8 Å². The van der Waals surface area contributed by atoms with E-state index in [4.69, 9.17) is 10.5 Å². The van der Waals surface area contributed by atoms with E-state index in [-0.39, 0.29) is 29.9 Å². The van der Waals surface area contributed by atoms with Gasteiger partial charge in [0.05, 0.1) is 24.2 Å². The first kappa shape index (κ1) is 22.4. The number of esters is 1. The first-order chi connectivity index (χ1) is 13.8. The number of carbonyl (C=O) groups is 2. The number of nitrogens with one attached hydrogen (secondary N) is 1. The summed E-state index contributed by atoms with van der Waals surface area (Å²) < 4.78 is 5.22. The number of benzene rings is 2. The minimum atomic E-state index is -0.948. The standard InChI is InChI=1S/C22H28N2O5/c1-3-29-22(28)17(11-15-7-5-4-6-8-15)14(2)24-13-20(26)16-9-10-19(25)18(12-16)21(23)27/h4-10,12,14,17,20,24-26H,3,11,13H2,1-2H3,(H2,23,27). The Balaban J connectivity index is 2.06. The van der Waals surface area contributed by atoms with Gasteiger partial charge in [0, 0.05) is 12.6 Å². The average Bonchev–Trinajstić information content (AvgIpc) is 2.71. The first-order valence-electron chi connectivity index (χ1n) is 9.58. The smallest absolute Gasteiger partial charge is 0.310 e. The lowest BCUT2D eigenvalue weighted by Crippen LogP contribution is -2.41. The van der Waals surface area contributed by atoms with E-state index in [0.717, 1.165) is 5.56 Å². The van der Waals surface area contributed by atoms with Crippen LogP contribution in [0.2, 0.25) is 0 Å². The van der Waals surface area contributed by atoms with Crippen LogP contribution >= 0.6 is 0 Å². The zero-order chi connectivity index (χ0) is 21.4. The van der Waals surface area contributed by atoms with Crippen molar-refractivity contribution in [3.8, 4) is 5.75 Å². The van der Waals surface area contributed by atoms with Crippen molar-refractivity contribution in [1.82, 2.24) is 5.32 Å². The van der Waals surface area contributed by atoms with Crippen molar-refractivity contribution in [2.45, 2.75) is 32.4 Å². The summed E-state index contributed by atoms with van der Waals surface area (Å²) in [5, 5.41) is 23.3. The summed E-state index contributed by atoms with van der Waals surface area (Å²) in [7, 11) is 0. The van der Waals surface area contributed by atoms with E-state index in [1.807, 2.05) is 37.3 Å². The molecule has 0 fully saturated rings.